The highest BCUT2D eigenvalue weighted by Crippen LogP contribution is 2.32. The summed E-state index contributed by atoms with van der Waals surface area (Å²) in [6.45, 7) is 1.43. The van der Waals surface area contributed by atoms with E-state index in [0.717, 1.165) is 40.9 Å². The molecule has 0 bridgehead atoms. The Morgan fingerprint density at radius 2 is 1.86 bits per heavy atom. The van der Waals surface area contributed by atoms with Gasteiger partial charge in [0.1, 0.15) is 0 Å². The van der Waals surface area contributed by atoms with Crippen LogP contribution in [0.2, 0.25) is 0 Å². The molecule has 1 aromatic carbocycles. The first kappa shape index (κ1) is 21.0. The van der Waals surface area contributed by atoms with E-state index in [1.54, 1.807) is 0 Å². The molecule has 3 aromatic rings. The molecule has 1 N–H and O–H groups in total. The van der Waals surface area contributed by atoms with Gasteiger partial charge in [0.2, 0.25) is 5.91 Å². The van der Waals surface area contributed by atoms with Crippen molar-refractivity contribution in [2.45, 2.75) is 18.1 Å². The number of hydrogen-bond acceptors (Lipinski definition) is 6. The molecular formula is C19H14F3N3O2S2. The second kappa shape index (κ2) is 8.75. The lowest BCUT2D eigenvalue weighted by Crippen LogP contribution is -2.14. The number of rotatable bonds is 6. The number of thiazole rings is 1. The van der Waals surface area contributed by atoms with Crippen molar-refractivity contribution in [3.63, 3.8) is 0 Å². The Kier molecular flexibility index (Phi) is 6.33. The number of Topliss-reactive ketones (excluding diaryl/α,β-unsaturated/α-hetero) is 1. The molecule has 0 fully saturated rings. The van der Waals surface area contributed by atoms with E-state index < -0.39 is 17.6 Å². The van der Waals surface area contributed by atoms with Gasteiger partial charge in [-0.2, -0.15) is 13.2 Å². The zero-order valence-corrected chi connectivity index (χ0v) is 16.6. The number of carbonyl (C=O) groups excluding carboxylic acids is 2. The van der Waals surface area contributed by atoms with Crippen molar-refractivity contribution in [1.29, 1.82) is 0 Å². The number of ketones is 1. The SMILES string of the molecule is CC(=O)c1sc(NC(=O)CSc2ccc(C(F)(F)F)cn2)nc1-c1ccccc1. The number of amides is 1. The van der Waals surface area contributed by atoms with Crippen molar-refractivity contribution in [2.24, 2.45) is 0 Å². The zero-order chi connectivity index (χ0) is 21.0. The number of anilines is 1. The fourth-order valence-electron chi connectivity index (χ4n) is 2.33. The van der Waals surface area contributed by atoms with E-state index in [1.165, 1.54) is 13.0 Å². The summed E-state index contributed by atoms with van der Waals surface area (Å²) in [5, 5.41) is 3.19. The van der Waals surface area contributed by atoms with Crippen molar-refractivity contribution in [2.75, 3.05) is 11.1 Å². The van der Waals surface area contributed by atoms with Gasteiger partial charge < -0.3 is 5.32 Å². The second-order valence-electron chi connectivity index (χ2n) is 5.84. The number of carbonyl (C=O) groups is 2. The molecule has 150 valence electrons. The lowest BCUT2D eigenvalue weighted by Gasteiger charge is -2.06. The maximum atomic E-state index is 12.5. The lowest BCUT2D eigenvalue weighted by atomic mass is 10.1. The molecule has 0 aliphatic heterocycles. The number of nitrogens with one attached hydrogen (secondary N) is 1. The number of pyridine rings is 1. The summed E-state index contributed by atoms with van der Waals surface area (Å²) in [6, 6.07) is 11.3. The van der Waals surface area contributed by atoms with Gasteiger partial charge in [-0.25, -0.2) is 9.97 Å². The normalized spacial score (nSPS) is 11.3. The minimum atomic E-state index is -4.46. The van der Waals surface area contributed by atoms with Crippen LogP contribution in [-0.2, 0) is 11.0 Å². The highest BCUT2D eigenvalue weighted by molar-refractivity contribution is 7.99. The summed E-state index contributed by atoms with van der Waals surface area (Å²) in [5.41, 5.74) is 0.410. The fourth-order valence-corrected chi connectivity index (χ4v) is 3.87. The number of thioether (sulfide) groups is 1. The van der Waals surface area contributed by atoms with Crippen molar-refractivity contribution in [3.05, 3.63) is 59.1 Å². The van der Waals surface area contributed by atoms with Gasteiger partial charge in [-0.3, -0.25) is 9.59 Å². The molecule has 0 atom stereocenters. The Bertz CT molecular complexity index is 1020. The molecule has 0 radical (unpaired) electrons. The van der Waals surface area contributed by atoms with Crippen LogP contribution in [-0.4, -0.2) is 27.4 Å². The Labute approximate surface area is 172 Å². The third kappa shape index (κ3) is 5.42. The van der Waals surface area contributed by atoms with Crippen LogP contribution in [0.15, 0.2) is 53.7 Å². The first-order chi connectivity index (χ1) is 13.7. The molecule has 0 unspecified atom stereocenters. The van der Waals surface area contributed by atoms with Crippen LogP contribution in [0.3, 0.4) is 0 Å². The van der Waals surface area contributed by atoms with Gasteiger partial charge in [-0.05, 0) is 12.1 Å². The molecule has 0 saturated heterocycles. The van der Waals surface area contributed by atoms with Crippen LogP contribution in [0.25, 0.3) is 11.3 Å². The molecule has 2 aromatic heterocycles. The number of aromatic nitrogens is 2. The Morgan fingerprint density at radius 1 is 1.14 bits per heavy atom. The van der Waals surface area contributed by atoms with E-state index in [0.29, 0.717) is 15.6 Å². The third-order valence-corrected chi connectivity index (χ3v) is 5.67. The standard InChI is InChI=1S/C19H14F3N3O2S2/c1-11(26)17-16(12-5-3-2-4-6-12)25-18(29-17)24-14(27)10-28-15-8-7-13(9-23-15)19(20,21)22/h2-9H,10H2,1H3,(H,24,25,27). The van der Waals surface area contributed by atoms with Crippen LogP contribution in [0.1, 0.15) is 22.2 Å². The number of nitrogens with zero attached hydrogens (tertiary/aromatic N) is 2. The molecular weight excluding hydrogens is 423 g/mol. The highest BCUT2D eigenvalue weighted by atomic mass is 32.2. The Morgan fingerprint density at radius 3 is 2.45 bits per heavy atom. The summed E-state index contributed by atoms with van der Waals surface area (Å²) in [6.07, 6.45) is -3.73. The summed E-state index contributed by atoms with van der Waals surface area (Å²) < 4.78 is 37.6. The number of halogens is 3. The monoisotopic (exact) mass is 437 g/mol. The van der Waals surface area contributed by atoms with E-state index in [9.17, 15) is 22.8 Å². The molecule has 1 amide bonds. The topological polar surface area (TPSA) is 72.0 Å². The molecule has 29 heavy (non-hydrogen) atoms. The van der Waals surface area contributed by atoms with Crippen molar-refractivity contribution >= 4 is 39.9 Å². The minimum absolute atomic E-state index is 0.0615. The first-order valence-corrected chi connectivity index (χ1v) is 10.1. The molecule has 2 heterocycles. The zero-order valence-electron chi connectivity index (χ0n) is 15.0. The van der Waals surface area contributed by atoms with Crippen LogP contribution >= 0.6 is 23.1 Å². The smallest absolute Gasteiger partial charge is 0.301 e. The molecule has 0 aliphatic carbocycles. The van der Waals surface area contributed by atoms with Crippen molar-refractivity contribution < 1.29 is 22.8 Å². The predicted molar refractivity (Wildman–Crippen MR) is 106 cm³/mol. The predicted octanol–water partition coefficient (Wildman–Crippen LogP) is 5.16. The maximum Gasteiger partial charge on any atom is 0.417 e. The maximum absolute atomic E-state index is 12.5. The molecule has 10 heteroatoms. The van der Waals surface area contributed by atoms with Gasteiger partial charge in [-0.15, -0.1) is 0 Å². The average Bonchev–Trinajstić information content (AvgIpc) is 3.11. The van der Waals surface area contributed by atoms with Gasteiger partial charge in [0.05, 0.1) is 26.9 Å². The van der Waals surface area contributed by atoms with Crippen molar-refractivity contribution in [1.82, 2.24) is 9.97 Å². The average molecular weight is 437 g/mol. The van der Waals surface area contributed by atoms with Gasteiger partial charge in [-0.1, -0.05) is 53.4 Å². The van der Waals surface area contributed by atoms with Gasteiger partial charge in [0, 0.05) is 18.7 Å². The summed E-state index contributed by atoms with van der Waals surface area (Å²) in [4.78, 5) is 32.6. The lowest BCUT2D eigenvalue weighted by molar-refractivity contribution is -0.137. The summed E-state index contributed by atoms with van der Waals surface area (Å²) in [7, 11) is 0. The molecule has 0 saturated carbocycles. The van der Waals surface area contributed by atoms with Crippen LogP contribution in [0.4, 0.5) is 18.3 Å². The molecule has 0 aliphatic rings. The molecule has 5 nitrogen and oxygen atoms in total. The van der Waals surface area contributed by atoms with Crippen LogP contribution in [0.5, 0.6) is 0 Å². The number of benzene rings is 1. The van der Waals surface area contributed by atoms with E-state index in [4.69, 9.17) is 0 Å². The van der Waals surface area contributed by atoms with Gasteiger partial charge in [0.15, 0.2) is 10.9 Å². The van der Waals surface area contributed by atoms with E-state index in [-0.39, 0.29) is 16.7 Å². The van der Waals surface area contributed by atoms with Crippen LogP contribution in [0, 0.1) is 0 Å². The van der Waals surface area contributed by atoms with E-state index >= 15 is 0 Å². The largest absolute Gasteiger partial charge is 0.417 e. The second-order valence-corrected chi connectivity index (χ2v) is 7.83. The van der Waals surface area contributed by atoms with E-state index in [2.05, 4.69) is 15.3 Å². The summed E-state index contributed by atoms with van der Waals surface area (Å²) in [5.74, 6) is -0.626. The third-order valence-electron chi connectivity index (χ3n) is 3.66. The Balaban J connectivity index is 1.66. The highest BCUT2D eigenvalue weighted by Gasteiger charge is 2.30. The summed E-state index contributed by atoms with van der Waals surface area (Å²) >= 11 is 2.07. The fraction of sp³-hybridized carbons (Fsp3) is 0.158. The Hall–Kier alpha value is -2.72. The molecule has 3 rings (SSSR count). The van der Waals surface area contributed by atoms with Gasteiger partial charge >= 0.3 is 6.18 Å². The quantitative estimate of drug-likeness (QED) is 0.426. The van der Waals surface area contributed by atoms with Crippen LogP contribution < -0.4 is 5.32 Å². The first-order valence-electron chi connectivity index (χ1n) is 8.27. The van der Waals surface area contributed by atoms with Crippen molar-refractivity contribution in [3.8, 4) is 11.3 Å². The number of hydrogen-bond donors (Lipinski definition) is 1. The van der Waals surface area contributed by atoms with E-state index in [1.807, 2.05) is 30.3 Å². The minimum Gasteiger partial charge on any atom is -0.301 e. The molecule has 0 spiro atoms. The van der Waals surface area contributed by atoms with Gasteiger partial charge in [0.25, 0.3) is 0 Å². The number of alkyl halides is 3.